The Hall–Kier alpha value is -1.56. The summed E-state index contributed by atoms with van der Waals surface area (Å²) in [6.45, 7) is 5.08. The SMILES string of the molecule is C=C(C)C(=O)OCC=CC#N. The van der Waals surface area contributed by atoms with Gasteiger partial charge in [0.2, 0.25) is 0 Å². The summed E-state index contributed by atoms with van der Waals surface area (Å²) in [4.78, 5) is 10.7. The molecule has 0 radical (unpaired) electrons. The van der Waals surface area contributed by atoms with E-state index in [1.165, 1.54) is 12.2 Å². The maximum absolute atomic E-state index is 10.7. The molecule has 0 spiro atoms. The van der Waals surface area contributed by atoms with Crippen molar-refractivity contribution >= 4 is 5.97 Å². The molecule has 58 valence electrons. The first-order valence-corrected chi connectivity index (χ1v) is 3.05. The number of carbonyl (C=O) groups is 1. The number of allylic oxidation sites excluding steroid dienone is 1. The highest BCUT2D eigenvalue weighted by Gasteiger charge is 1.99. The second-order valence-electron chi connectivity index (χ2n) is 1.91. The molecule has 0 atom stereocenters. The Morgan fingerprint density at radius 2 is 2.45 bits per heavy atom. The van der Waals surface area contributed by atoms with Crippen LogP contribution in [0.3, 0.4) is 0 Å². The van der Waals surface area contributed by atoms with E-state index in [9.17, 15) is 4.79 Å². The second-order valence-corrected chi connectivity index (χ2v) is 1.91. The standard InChI is InChI=1S/C8H9NO2/c1-7(2)8(10)11-6-4-3-5-9/h3-4H,1,6H2,2H3. The summed E-state index contributed by atoms with van der Waals surface area (Å²) in [5, 5.41) is 8.05. The van der Waals surface area contributed by atoms with Gasteiger partial charge in [-0.1, -0.05) is 6.58 Å². The molecule has 0 saturated heterocycles. The normalized spacial score (nSPS) is 9.09. The van der Waals surface area contributed by atoms with Crippen molar-refractivity contribution in [2.45, 2.75) is 6.92 Å². The lowest BCUT2D eigenvalue weighted by Gasteiger charge is -1.97. The van der Waals surface area contributed by atoms with E-state index in [-0.39, 0.29) is 6.61 Å². The minimum Gasteiger partial charge on any atom is -0.458 e. The van der Waals surface area contributed by atoms with E-state index in [1.807, 2.05) is 0 Å². The summed E-state index contributed by atoms with van der Waals surface area (Å²) < 4.78 is 4.63. The Bertz CT molecular complexity index is 223. The van der Waals surface area contributed by atoms with Crippen molar-refractivity contribution in [3.63, 3.8) is 0 Å². The van der Waals surface area contributed by atoms with Gasteiger partial charge < -0.3 is 4.74 Å². The summed E-state index contributed by atoms with van der Waals surface area (Å²) in [7, 11) is 0. The number of ether oxygens (including phenoxy) is 1. The lowest BCUT2D eigenvalue weighted by atomic mass is 10.4. The lowest BCUT2D eigenvalue weighted by Crippen LogP contribution is -2.04. The number of nitriles is 1. The third-order valence-electron chi connectivity index (χ3n) is 0.852. The quantitative estimate of drug-likeness (QED) is 0.346. The molecule has 0 aliphatic rings. The van der Waals surface area contributed by atoms with Crippen molar-refractivity contribution < 1.29 is 9.53 Å². The van der Waals surface area contributed by atoms with Gasteiger partial charge in [0.25, 0.3) is 0 Å². The maximum Gasteiger partial charge on any atom is 0.333 e. The Morgan fingerprint density at radius 3 is 2.91 bits per heavy atom. The van der Waals surface area contributed by atoms with E-state index in [0.29, 0.717) is 5.57 Å². The fraction of sp³-hybridized carbons (Fsp3) is 0.250. The van der Waals surface area contributed by atoms with Crippen LogP contribution in [0, 0.1) is 11.3 Å². The zero-order valence-electron chi connectivity index (χ0n) is 6.33. The fourth-order valence-corrected chi connectivity index (χ4v) is 0.348. The Labute approximate surface area is 65.6 Å². The molecule has 11 heavy (non-hydrogen) atoms. The highest BCUT2D eigenvalue weighted by atomic mass is 16.5. The molecule has 3 heteroatoms. The fourth-order valence-electron chi connectivity index (χ4n) is 0.348. The molecule has 0 aliphatic heterocycles. The van der Waals surface area contributed by atoms with Crippen LogP contribution in [0.25, 0.3) is 0 Å². The van der Waals surface area contributed by atoms with E-state index in [2.05, 4.69) is 11.3 Å². The minimum absolute atomic E-state index is 0.124. The maximum atomic E-state index is 10.7. The lowest BCUT2D eigenvalue weighted by molar-refractivity contribution is -0.137. The van der Waals surface area contributed by atoms with Crippen LogP contribution >= 0.6 is 0 Å². The average molecular weight is 151 g/mol. The van der Waals surface area contributed by atoms with Crippen LogP contribution in [0.1, 0.15) is 6.92 Å². The molecule has 3 nitrogen and oxygen atoms in total. The van der Waals surface area contributed by atoms with Gasteiger partial charge in [-0.15, -0.1) is 0 Å². The molecule has 0 N–H and O–H groups in total. The van der Waals surface area contributed by atoms with Crippen molar-refractivity contribution in [1.29, 1.82) is 5.26 Å². The molecule has 0 aliphatic carbocycles. The zero-order valence-corrected chi connectivity index (χ0v) is 6.33. The van der Waals surface area contributed by atoms with Crippen molar-refractivity contribution in [3.05, 3.63) is 24.3 Å². The number of esters is 1. The molecule has 0 unspecified atom stereocenters. The van der Waals surface area contributed by atoms with E-state index in [4.69, 9.17) is 5.26 Å². The van der Waals surface area contributed by atoms with Gasteiger partial charge >= 0.3 is 5.97 Å². The average Bonchev–Trinajstić information content (AvgIpc) is 1.97. The third kappa shape index (κ3) is 4.91. The molecular formula is C8H9NO2. The Kier molecular flexibility index (Phi) is 4.50. The van der Waals surface area contributed by atoms with Crippen LogP contribution < -0.4 is 0 Å². The van der Waals surface area contributed by atoms with Gasteiger partial charge in [0, 0.05) is 11.6 Å². The van der Waals surface area contributed by atoms with E-state index < -0.39 is 5.97 Å². The summed E-state index contributed by atoms with van der Waals surface area (Å²) in [6.07, 6.45) is 2.71. The van der Waals surface area contributed by atoms with Gasteiger partial charge in [-0.2, -0.15) is 5.26 Å². The second kappa shape index (κ2) is 5.24. The molecule has 0 saturated carbocycles. The first-order chi connectivity index (χ1) is 5.18. The Balaban J connectivity index is 3.57. The molecule has 0 heterocycles. The molecular weight excluding hydrogens is 142 g/mol. The Morgan fingerprint density at radius 1 is 1.82 bits per heavy atom. The predicted octanol–water partition coefficient (Wildman–Crippen LogP) is 1.19. The highest BCUT2D eigenvalue weighted by molar-refractivity contribution is 5.86. The number of hydrogen-bond donors (Lipinski definition) is 0. The van der Waals surface area contributed by atoms with E-state index >= 15 is 0 Å². The number of rotatable bonds is 3. The van der Waals surface area contributed by atoms with Crippen LogP contribution in [0.2, 0.25) is 0 Å². The molecule has 0 aromatic heterocycles. The topological polar surface area (TPSA) is 50.1 Å². The van der Waals surface area contributed by atoms with Gasteiger partial charge in [-0.05, 0) is 13.0 Å². The van der Waals surface area contributed by atoms with E-state index in [1.54, 1.807) is 13.0 Å². The monoisotopic (exact) mass is 151 g/mol. The van der Waals surface area contributed by atoms with Crippen molar-refractivity contribution in [2.75, 3.05) is 6.61 Å². The van der Waals surface area contributed by atoms with Crippen LogP contribution in [-0.4, -0.2) is 12.6 Å². The zero-order chi connectivity index (χ0) is 8.69. The van der Waals surface area contributed by atoms with Crippen LogP contribution in [0.5, 0.6) is 0 Å². The summed E-state index contributed by atoms with van der Waals surface area (Å²) in [5.74, 6) is -0.437. The largest absolute Gasteiger partial charge is 0.458 e. The van der Waals surface area contributed by atoms with Gasteiger partial charge in [0.1, 0.15) is 6.61 Å². The molecule has 0 bridgehead atoms. The molecule has 0 amide bonds. The molecule has 0 fully saturated rings. The highest BCUT2D eigenvalue weighted by Crippen LogP contribution is 1.91. The first-order valence-electron chi connectivity index (χ1n) is 3.05. The van der Waals surface area contributed by atoms with Gasteiger partial charge in [-0.3, -0.25) is 0 Å². The first kappa shape index (κ1) is 9.44. The van der Waals surface area contributed by atoms with Gasteiger partial charge in [-0.25, -0.2) is 4.79 Å². The molecule has 0 aromatic rings. The van der Waals surface area contributed by atoms with Crippen LogP contribution in [0.4, 0.5) is 0 Å². The van der Waals surface area contributed by atoms with Crippen LogP contribution in [-0.2, 0) is 9.53 Å². The number of carbonyl (C=O) groups excluding carboxylic acids is 1. The summed E-state index contributed by atoms with van der Waals surface area (Å²) in [5.41, 5.74) is 0.357. The van der Waals surface area contributed by atoms with Crippen molar-refractivity contribution in [1.82, 2.24) is 0 Å². The molecule has 0 rings (SSSR count). The predicted molar refractivity (Wildman–Crippen MR) is 40.5 cm³/mol. The van der Waals surface area contributed by atoms with Crippen LogP contribution in [0.15, 0.2) is 24.3 Å². The minimum atomic E-state index is -0.437. The molecule has 0 aromatic carbocycles. The van der Waals surface area contributed by atoms with Crippen molar-refractivity contribution in [2.24, 2.45) is 0 Å². The van der Waals surface area contributed by atoms with Gasteiger partial charge in [0.15, 0.2) is 0 Å². The summed E-state index contributed by atoms with van der Waals surface area (Å²) in [6, 6.07) is 1.78. The number of hydrogen-bond acceptors (Lipinski definition) is 3. The van der Waals surface area contributed by atoms with Gasteiger partial charge in [0.05, 0.1) is 6.07 Å². The number of nitrogens with zero attached hydrogens (tertiary/aromatic N) is 1. The smallest absolute Gasteiger partial charge is 0.333 e. The van der Waals surface area contributed by atoms with Crippen molar-refractivity contribution in [3.8, 4) is 6.07 Å². The van der Waals surface area contributed by atoms with E-state index in [0.717, 1.165) is 0 Å². The summed E-state index contributed by atoms with van der Waals surface area (Å²) >= 11 is 0. The third-order valence-corrected chi connectivity index (χ3v) is 0.852.